The van der Waals surface area contributed by atoms with Crippen LogP contribution in [0.4, 0.5) is 0 Å². The smallest absolute Gasteiger partial charge is 0.251 e. The number of rotatable bonds is 9. The average molecular weight is 395 g/mol. The molecule has 0 heterocycles. The maximum atomic E-state index is 12.9. The lowest BCUT2D eigenvalue weighted by Gasteiger charge is -2.24. The first kappa shape index (κ1) is 20.9. The molecule has 1 atom stereocenters. The fourth-order valence-corrected chi connectivity index (χ4v) is 3.51. The molecule has 0 spiro atoms. The molecule has 2 N–H and O–H groups in total. The molecule has 0 bridgehead atoms. The van der Waals surface area contributed by atoms with Crippen molar-refractivity contribution in [3.05, 3.63) is 65.7 Å². The second-order valence-corrected chi connectivity index (χ2v) is 8.02. The van der Waals surface area contributed by atoms with Crippen LogP contribution in [0.15, 0.2) is 54.6 Å². The zero-order valence-electron chi connectivity index (χ0n) is 17.4. The van der Waals surface area contributed by atoms with Crippen LogP contribution in [-0.4, -0.2) is 31.0 Å². The van der Waals surface area contributed by atoms with E-state index in [0.29, 0.717) is 18.7 Å². The van der Waals surface area contributed by atoms with Gasteiger partial charge in [0.1, 0.15) is 11.8 Å². The first-order valence-electron chi connectivity index (χ1n) is 10.3. The maximum Gasteiger partial charge on any atom is 0.251 e. The van der Waals surface area contributed by atoms with Gasteiger partial charge < -0.3 is 15.4 Å². The molecule has 2 amide bonds. The molecule has 2 aromatic carbocycles. The lowest BCUT2D eigenvalue weighted by Crippen LogP contribution is -2.51. The quantitative estimate of drug-likeness (QED) is 0.682. The van der Waals surface area contributed by atoms with Gasteiger partial charge in [0.2, 0.25) is 5.91 Å². The summed E-state index contributed by atoms with van der Waals surface area (Å²) in [5.41, 5.74) is 1.81. The van der Waals surface area contributed by atoms with E-state index in [9.17, 15) is 9.59 Å². The molecule has 0 aliphatic heterocycles. The van der Waals surface area contributed by atoms with Crippen LogP contribution in [0, 0.1) is 5.92 Å². The molecule has 1 unspecified atom stereocenters. The molecule has 0 radical (unpaired) electrons. The van der Waals surface area contributed by atoms with Crippen LogP contribution in [0.3, 0.4) is 0 Å². The molecule has 2 aromatic rings. The largest absolute Gasteiger partial charge is 0.494 e. The Balaban J connectivity index is 1.60. The Labute approximate surface area is 172 Å². The van der Waals surface area contributed by atoms with E-state index in [1.165, 1.54) is 5.56 Å². The van der Waals surface area contributed by atoms with Gasteiger partial charge in [0.25, 0.3) is 5.91 Å². The van der Waals surface area contributed by atoms with Crippen LogP contribution in [0.25, 0.3) is 0 Å². The Hall–Kier alpha value is -2.82. The summed E-state index contributed by atoms with van der Waals surface area (Å²) in [5.74, 6) is 0.305. The minimum absolute atomic E-state index is 0.0199. The van der Waals surface area contributed by atoms with Crippen LogP contribution >= 0.6 is 0 Å². The number of carbonyl (C=O) groups is 2. The Morgan fingerprint density at radius 3 is 2.24 bits per heavy atom. The van der Waals surface area contributed by atoms with Gasteiger partial charge in [0.05, 0.1) is 6.61 Å². The van der Waals surface area contributed by atoms with E-state index in [1.807, 2.05) is 39.0 Å². The van der Waals surface area contributed by atoms with E-state index in [2.05, 4.69) is 22.8 Å². The van der Waals surface area contributed by atoms with Gasteiger partial charge in [-0.2, -0.15) is 0 Å². The van der Waals surface area contributed by atoms with Crippen molar-refractivity contribution in [2.24, 2.45) is 5.92 Å². The zero-order valence-corrected chi connectivity index (χ0v) is 17.4. The minimum atomic E-state index is -0.583. The van der Waals surface area contributed by atoms with Crippen molar-refractivity contribution in [1.82, 2.24) is 10.6 Å². The van der Waals surface area contributed by atoms with E-state index in [-0.39, 0.29) is 23.1 Å². The van der Waals surface area contributed by atoms with Gasteiger partial charge in [0, 0.05) is 17.5 Å². The van der Waals surface area contributed by atoms with Gasteiger partial charge in [0.15, 0.2) is 0 Å². The molecular weight excluding hydrogens is 364 g/mol. The lowest BCUT2D eigenvalue weighted by atomic mass is 9.95. The van der Waals surface area contributed by atoms with Crippen molar-refractivity contribution < 1.29 is 14.3 Å². The summed E-state index contributed by atoms with van der Waals surface area (Å²) in [6, 6.07) is 16.7. The third-order valence-corrected chi connectivity index (χ3v) is 5.50. The topological polar surface area (TPSA) is 67.4 Å². The molecule has 5 nitrogen and oxygen atoms in total. The molecule has 1 aliphatic carbocycles. The number of amides is 2. The predicted octanol–water partition coefficient (Wildman–Crippen LogP) is 3.69. The lowest BCUT2D eigenvalue weighted by molar-refractivity contribution is -0.124. The monoisotopic (exact) mass is 394 g/mol. The Morgan fingerprint density at radius 1 is 1.03 bits per heavy atom. The molecule has 0 aromatic heterocycles. The minimum Gasteiger partial charge on any atom is -0.494 e. The van der Waals surface area contributed by atoms with Crippen LogP contribution in [0.2, 0.25) is 0 Å². The van der Waals surface area contributed by atoms with E-state index in [0.717, 1.165) is 18.6 Å². The molecule has 1 aliphatic rings. The second-order valence-electron chi connectivity index (χ2n) is 8.02. The molecule has 154 valence electrons. The van der Waals surface area contributed by atoms with E-state index >= 15 is 0 Å². The second kappa shape index (κ2) is 9.12. The molecule has 1 saturated carbocycles. The zero-order chi connectivity index (χ0) is 20.9. The highest BCUT2D eigenvalue weighted by atomic mass is 16.5. The first-order chi connectivity index (χ1) is 13.9. The van der Waals surface area contributed by atoms with Gasteiger partial charge >= 0.3 is 0 Å². The standard InChI is InChI=1S/C24H30N2O3/c1-4-29-20-12-10-18(11-13-20)22(27)26-21(17(2)3)23(28)25-16-24(14-15-24)19-8-6-5-7-9-19/h5-13,17,21H,4,14-16H2,1-3H3,(H,25,28)(H,26,27). The van der Waals surface area contributed by atoms with Crippen LogP contribution in [-0.2, 0) is 10.2 Å². The van der Waals surface area contributed by atoms with E-state index in [1.54, 1.807) is 24.3 Å². The van der Waals surface area contributed by atoms with Gasteiger partial charge in [-0.25, -0.2) is 0 Å². The normalized spacial score (nSPS) is 15.4. The summed E-state index contributed by atoms with van der Waals surface area (Å²) in [4.78, 5) is 25.5. The Kier molecular flexibility index (Phi) is 6.57. The number of ether oxygens (including phenoxy) is 1. The molecule has 29 heavy (non-hydrogen) atoms. The first-order valence-corrected chi connectivity index (χ1v) is 10.3. The number of benzene rings is 2. The number of nitrogens with one attached hydrogen (secondary N) is 2. The maximum absolute atomic E-state index is 12.9. The molecule has 1 fully saturated rings. The van der Waals surface area contributed by atoms with Crippen molar-refractivity contribution in [1.29, 1.82) is 0 Å². The van der Waals surface area contributed by atoms with E-state index in [4.69, 9.17) is 4.74 Å². The van der Waals surface area contributed by atoms with E-state index < -0.39 is 6.04 Å². The number of carbonyl (C=O) groups excluding carboxylic acids is 2. The van der Waals surface area contributed by atoms with Gasteiger partial charge in [-0.1, -0.05) is 44.2 Å². The highest BCUT2D eigenvalue weighted by Gasteiger charge is 2.44. The summed E-state index contributed by atoms with van der Waals surface area (Å²) >= 11 is 0. The molecule has 0 saturated heterocycles. The summed E-state index contributed by atoms with van der Waals surface area (Å²) in [7, 11) is 0. The fourth-order valence-electron chi connectivity index (χ4n) is 3.51. The van der Waals surface area contributed by atoms with Gasteiger partial charge in [-0.05, 0) is 55.5 Å². The predicted molar refractivity (Wildman–Crippen MR) is 114 cm³/mol. The molecule has 5 heteroatoms. The van der Waals surface area contributed by atoms with Gasteiger partial charge in [-0.3, -0.25) is 9.59 Å². The average Bonchev–Trinajstić information content (AvgIpc) is 3.52. The van der Waals surface area contributed by atoms with Crippen LogP contribution in [0.5, 0.6) is 5.75 Å². The third kappa shape index (κ3) is 5.17. The van der Waals surface area contributed by atoms with Crippen LogP contribution < -0.4 is 15.4 Å². The van der Waals surface area contributed by atoms with Crippen molar-refractivity contribution >= 4 is 11.8 Å². The summed E-state index contributed by atoms with van der Waals surface area (Å²) in [6.07, 6.45) is 2.14. The fraction of sp³-hybridized carbons (Fsp3) is 0.417. The van der Waals surface area contributed by atoms with Crippen molar-refractivity contribution in [3.63, 3.8) is 0 Å². The molecule has 3 rings (SSSR count). The highest BCUT2D eigenvalue weighted by molar-refractivity contribution is 5.97. The Bertz CT molecular complexity index is 827. The van der Waals surface area contributed by atoms with Crippen molar-refractivity contribution in [2.75, 3.05) is 13.2 Å². The van der Waals surface area contributed by atoms with Crippen molar-refractivity contribution in [3.8, 4) is 5.75 Å². The third-order valence-electron chi connectivity index (χ3n) is 5.50. The molecular formula is C24H30N2O3. The van der Waals surface area contributed by atoms with Gasteiger partial charge in [-0.15, -0.1) is 0 Å². The summed E-state index contributed by atoms with van der Waals surface area (Å²) in [6.45, 7) is 6.96. The number of hydrogen-bond acceptors (Lipinski definition) is 3. The SMILES string of the molecule is CCOc1ccc(C(=O)NC(C(=O)NCC2(c3ccccc3)CC2)C(C)C)cc1. The summed E-state index contributed by atoms with van der Waals surface area (Å²) in [5, 5.41) is 5.96. The summed E-state index contributed by atoms with van der Waals surface area (Å²) < 4.78 is 5.41. The highest BCUT2D eigenvalue weighted by Crippen LogP contribution is 2.47. The Morgan fingerprint density at radius 2 is 1.69 bits per heavy atom. The van der Waals surface area contributed by atoms with Crippen molar-refractivity contribution in [2.45, 2.75) is 45.1 Å². The number of hydrogen-bond donors (Lipinski definition) is 2. The van der Waals surface area contributed by atoms with Crippen LogP contribution in [0.1, 0.15) is 49.5 Å².